The number of hydrogen-bond acceptors (Lipinski definition) is 4. The predicted molar refractivity (Wildman–Crippen MR) is 134 cm³/mol. The molecule has 0 aliphatic carbocycles. The van der Waals surface area contributed by atoms with E-state index in [2.05, 4.69) is 59.3 Å². The summed E-state index contributed by atoms with van der Waals surface area (Å²) < 4.78 is 6.07. The van der Waals surface area contributed by atoms with Crippen LogP contribution in [0.2, 0.25) is 0 Å². The molecule has 0 amide bonds. The number of halogens is 1. The lowest BCUT2D eigenvalue weighted by Crippen LogP contribution is -2.44. The standard InChI is InChI=1S/C22H39N5O.HI/c1-22(2,3)28-20-11-7-6-10-19(20)18-25-21(23-4)24-12-8-9-13-27-16-14-26(5)15-17-27;/h6-7,10-11H,8-9,12-18H2,1-5H3,(H2,23,24,25);1H. The van der Waals surface area contributed by atoms with Gasteiger partial charge in [-0.3, -0.25) is 4.99 Å². The molecule has 1 aliphatic heterocycles. The Balaban J connectivity index is 0.00000420. The molecule has 7 heteroatoms. The molecule has 0 unspecified atom stereocenters. The minimum Gasteiger partial charge on any atom is -0.488 e. The number of piperazine rings is 1. The number of rotatable bonds is 8. The van der Waals surface area contributed by atoms with Crippen LogP contribution in [0.3, 0.4) is 0 Å². The molecule has 1 aromatic carbocycles. The van der Waals surface area contributed by atoms with E-state index < -0.39 is 0 Å². The molecule has 6 nitrogen and oxygen atoms in total. The Morgan fingerprint density at radius 1 is 1.07 bits per heavy atom. The van der Waals surface area contributed by atoms with Crippen LogP contribution in [-0.2, 0) is 6.54 Å². The molecule has 1 aliphatic rings. The maximum Gasteiger partial charge on any atom is 0.191 e. The van der Waals surface area contributed by atoms with Gasteiger partial charge in [-0.1, -0.05) is 18.2 Å². The smallest absolute Gasteiger partial charge is 0.191 e. The molecule has 1 saturated heterocycles. The van der Waals surface area contributed by atoms with Gasteiger partial charge in [0, 0.05) is 51.9 Å². The molecular weight excluding hydrogens is 477 g/mol. The number of nitrogens with one attached hydrogen (secondary N) is 2. The van der Waals surface area contributed by atoms with Crippen LogP contribution in [0.15, 0.2) is 29.3 Å². The zero-order chi connectivity index (χ0) is 20.4. The van der Waals surface area contributed by atoms with Crippen LogP contribution in [0, 0.1) is 0 Å². The topological polar surface area (TPSA) is 52.1 Å². The van der Waals surface area contributed by atoms with E-state index >= 15 is 0 Å². The number of benzene rings is 1. The lowest BCUT2D eigenvalue weighted by molar-refractivity contribution is 0.129. The Hall–Kier alpha value is -1.06. The highest BCUT2D eigenvalue weighted by Crippen LogP contribution is 2.22. The van der Waals surface area contributed by atoms with Gasteiger partial charge >= 0.3 is 0 Å². The fourth-order valence-electron chi connectivity index (χ4n) is 3.22. The highest BCUT2D eigenvalue weighted by atomic mass is 127. The number of nitrogens with zero attached hydrogens (tertiary/aromatic N) is 3. The van der Waals surface area contributed by atoms with Gasteiger partial charge in [0.15, 0.2) is 5.96 Å². The molecule has 2 N–H and O–H groups in total. The Morgan fingerprint density at radius 2 is 1.76 bits per heavy atom. The van der Waals surface area contributed by atoms with Crippen LogP contribution in [0.25, 0.3) is 0 Å². The molecule has 0 aromatic heterocycles. The zero-order valence-corrected chi connectivity index (χ0v) is 21.2. The predicted octanol–water partition coefficient (Wildman–Crippen LogP) is 3.17. The van der Waals surface area contributed by atoms with Crippen LogP contribution in [0.1, 0.15) is 39.2 Å². The Kier molecular flexibility index (Phi) is 11.9. The van der Waals surface area contributed by atoms with Gasteiger partial charge in [0.2, 0.25) is 0 Å². The van der Waals surface area contributed by atoms with Crippen LogP contribution in [0.5, 0.6) is 5.75 Å². The number of ether oxygens (including phenoxy) is 1. The second-order valence-electron chi connectivity index (χ2n) is 8.53. The first kappa shape index (κ1) is 26.0. The van der Waals surface area contributed by atoms with E-state index in [-0.39, 0.29) is 29.6 Å². The number of hydrogen-bond donors (Lipinski definition) is 2. The van der Waals surface area contributed by atoms with E-state index in [0.29, 0.717) is 6.54 Å². The van der Waals surface area contributed by atoms with Gasteiger partial charge in [-0.25, -0.2) is 0 Å². The van der Waals surface area contributed by atoms with Gasteiger partial charge in [0.05, 0.1) is 0 Å². The summed E-state index contributed by atoms with van der Waals surface area (Å²) in [7, 11) is 4.02. The highest BCUT2D eigenvalue weighted by molar-refractivity contribution is 14.0. The van der Waals surface area contributed by atoms with Crippen molar-refractivity contribution >= 4 is 29.9 Å². The third kappa shape index (κ3) is 10.5. The molecule has 0 saturated carbocycles. The van der Waals surface area contributed by atoms with Crippen LogP contribution >= 0.6 is 24.0 Å². The zero-order valence-electron chi connectivity index (χ0n) is 18.8. The summed E-state index contributed by atoms with van der Waals surface area (Å²) in [5.41, 5.74) is 0.926. The number of unbranched alkanes of at least 4 members (excludes halogenated alkanes) is 1. The number of aliphatic imine (C=N–C) groups is 1. The van der Waals surface area contributed by atoms with E-state index in [1.807, 2.05) is 25.2 Å². The Morgan fingerprint density at radius 3 is 2.41 bits per heavy atom. The monoisotopic (exact) mass is 517 g/mol. The third-order valence-electron chi connectivity index (χ3n) is 4.85. The maximum absolute atomic E-state index is 6.07. The molecule has 29 heavy (non-hydrogen) atoms. The minimum atomic E-state index is -0.209. The quantitative estimate of drug-likeness (QED) is 0.240. The summed E-state index contributed by atoms with van der Waals surface area (Å²) in [5, 5.41) is 6.82. The molecule has 1 heterocycles. The average molecular weight is 518 g/mol. The van der Waals surface area contributed by atoms with Crippen molar-refractivity contribution in [2.45, 2.75) is 45.8 Å². The van der Waals surface area contributed by atoms with Crippen LogP contribution in [0.4, 0.5) is 0 Å². The van der Waals surface area contributed by atoms with E-state index in [9.17, 15) is 0 Å². The SMILES string of the molecule is CN=C(NCCCCN1CCN(C)CC1)NCc1ccccc1OC(C)(C)C.I. The van der Waals surface area contributed by atoms with E-state index in [0.717, 1.165) is 30.2 Å². The second kappa shape index (κ2) is 13.3. The summed E-state index contributed by atoms with van der Waals surface area (Å²) >= 11 is 0. The molecule has 0 radical (unpaired) electrons. The average Bonchev–Trinajstić information content (AvgIpc) is 2.65. The molecule has 2 rings (SSSR count). The number of guanidine groups is 1. The van der Waals surface area contributed by atoms with Crippen LogP contribution < -0.4 is 15.4 Å². The van der Waals surface area contributed by atoms with Gasteiger partial charge in [-0.05, 0) is 53.3 Å². The summed E-state index contributed by atoms with van der Waals surface area (Å²) in [6, 6.07) is 8.17. The normalized spacial score (nSPS) is 16.2. The van der Waals surface area contributed by atoms with E-state index in [1.165, 1.54) is 39.1 Å². The fraction of sp³-hybridized carbons (Fsp3) is 0.682. The van der Waals surface area contributed by atoms with Gasteiger partial charge in [0.25, 0.3) is 0 Å². The molecule has 1 fully saturated rings. The first-order chi connectivity index (χ1) is 13.4. The first-order valence-corrected chi connectivity index (χ1v) is 10.5. The van der Waals surface area contributed by atoms with Gasteiger partial charge in [0.1, 0.15) is 11.4 Å². The lowest BCUT2D eigenvalue weighted by atomic mass is 10.1. The van der Waals surface area contributed by atoms with Crippen molar-refractivity contribution in [3.05, 3.63) is 29.8 Å². The van der Waals surface area contributed by atoms with Gasteiger partial charge in [-0.2, -0.15) is 0 Å². The number of para-hydroxylation sites is 1. The summed E-state index contributed by atoms with van der Waals surface area (Å²) in [6.07, 6.45) is 2.37. The molecule has 1 aromatic rings. The van der Waals surface area contributed by atoms with Crippen molar-refractivity contribution in [2.24, 2.45) is 4.99 Å². The minimum absolute atomic E-state index is 0. The van der Waals surface area contributed by atoms with Crippen molar-refractivity contribution in [3.63, 3.8) is 0 Å². The molecular formula is C22H40IN5O. The maximum atomic E-state index is 6.07. The molecule has 0 spiro atoms. The lowest BCUT2D eigenvalue weighted by Gasteiger charge is -2.32. The molecule has 166 valence electrons. The fourth-order valence-corrected chi connectivity index (χ4v) is 3.22. The highest BCUT2D eigenvalue weighted by Gasteiger charge is 2.15. The van der Waals surface area contributed by atoms with E-state index in [4.69, 9.17) is 4.74 Å². The Labute approximate surface area is 194 Å². The largest absolute Gasteiger partial charge is 0.488 e. The molecule has 0 bridgehead atoms. The van der Waals surface area contributed by atoms with Crippen molar-refractivity contribution in [1.29, 1.82) is 0 Å². The summed E-state index contributed by atoms with van der Waals surface area (Å²) in [6.45, 7) is 13.8. The van der Waals surface area contributed by atoms with E-state index in [1.54, 1.807) is 0 Å². The molecule has 0 atom stereocenters. The number of likely N-dealkylation sites (N-methyl/N-ethyl adjacent to an activating group) is 1. The third-order valence-corrected chi connectivity index (χ3v) is 4.85. The summed E-state index contributed by atoms with van der Waals surface area (Å²) in [4.78, 5) is 9.31. The first-order valence-electron chi connectivity index (χ1n) is 10.5. The van der Waals surface area contributed by atoms with Crippen molar-refractivity contribution < 1.29 is 4.74 Å². The van der Waals surface area contributed by atoms with Gasteiger partial charge in [-0.15, -0.1) is 24.0 Å². The van der Waals surface area contributed by atoms with Gasteiger partial charge < -0.3 is 25.2 Å². The van der Waals surface area contributed by atoms with Crippen molar-refractivity contribution in [1.82, 2.24) is 20.4 Å². The summed E-state index contributed by atoms with van der Waals surface area (Å²) in [5.74, 6) is 1.76. The van der Waals surface area contributed by atoms with Crippen molar-refractivity contribution in [3.8, 4) is 5.75 Å². The van der Waals surface area contributed by atoms with Crippen LogP contribution in [-0.4, -0.2) is 74.7 Å². The second-order valence-corrected chi connectivity index (χ2v) is 8.53. The Bertz CT molecular complexity index is 609. The van der Waals surface area contributed by atoms with Crippen molar-refractivity contribution in [2.75, 3.05) is 53.4 Å².